The first-order valence-electron chi connectivity index (χ1n) is 4.03. The van der Waals surface area contributed by atoms with Crippen LogP contribution in [-0.2, 0) is 6.42 Å². The van der Waals surface area contributed by atoms with Gasteiger partial charge in [0, 0.05) is 0 Å². The monoisotopic (exact) mass is 206 g/mol. The van der Waals surface area contributed by atoms with Crippen molar-refractivity contribution in [2.24, 2.45) is 5.41 Å². The smallest absolute Gasteiger partial charge is 1.00 e. The molecule has 1 aromatic carbocycles. The first kappa shape index (κ1) is 15.7. The fourth-order valence-corrected chi connectivity index (χ4v) is 1.11. The van der Waals surface area contributed by atoms with Crippen molar-refractivity contribution in [1.82, 2.24) is 0 Å². The van der Waals surface area contributed by atoms with E-state index in [0.29, 0.717) is 5.41 Å². The van der Waals surface area contributed by atoms with Gasteiger partial charge in [-0.1, -0.05) is 20.8 Å². The average molecular weight is 207 g/mol. The minimum Gasteiger partial charge on any atom is -1.00 e. The largest absolute Gasteiger partial charge is 2.00 e. The van der Waals surface area contributed by atoms with E-state index in [2.05, 4.69) is 39.0 Å². The molecule has 0 aliphatic carbocycles. The predicted molar refractivity (Wildman–Crippen MR) is 54.2 cm³/mol. The molecule has 0 aliphatic rings. The van der Waals surface area contributed by atoms with E-state index in [4.69, 9.17) is 0 Å². The molecule has 0 aromatic heterocycles. The Kier molecular flexibility index (Phi) is 8.10. The second-order valence-electron chi connectivity index (χ2n) is 4.13. The Morgan fingerprint density at radius 3 is 2.23 bits per heavy atom. The van der Waals surface area contributed by atoms with Crippen LogP contribution in [-0.4, -0.2) is 23.1 Å². The summed E-state index contributed by atoms with van der Waals surface area (Å²) in [5.41, 5.74) is 1.68. The molecule has 0 heterocycles. The van der Waals surface area contributed by atoms with Gasteiger partial charge in [-0.15, -0.1) is 0 Å². The molecular weight excluding hydrogens is 192 g/mol. The Balaban J connectivity index is 0. The molecule has 68 valence electrons. The molecule has 0 N–H and O–H groups in total. The van der Waals surface area contributed by atoms with Crippen LogP contribution in [0.3, 0.4) is 0 Å². The van der Waals surface area contributed by atoms with E-state index in [9.17, 15) is 0 Å². The van der Waals surface area contributed by atoms with Gasteiger partial charge >= 0.3 is 23.1 Å². The number of halogens is 1. The third-order valence-electron chi connectivity index (χ3n) is 1.49. The van der Waals surface area contributed by atoms with Gasteiger partial charge in [-0.3, -0.25) is 0 Å². The zero-order valence-corrected chi connectivity index (χ0v) is 10.8. The van der Waals surface area contributed by atoms with Crippen LogP contribution in [0.2, 0.25) is 0 Å². The van der Waals surface area contributed by atoms with E-state index >= 15 is 0 Å². The maximum atomic E-state index is 3.22. The van der Waals surface area contributed by atoms with Crippen molar-refractivity contribution in [1.29, 1.82) is 0 Å². The molecule has 0 saturated carbocycles. The van der Waals surface area contributed by atoms with Crippen LogP contribution in [0.15, 0.2) is 24.3 Å². The van der Waals surface area contributed by atoms with Crippen LogP contribution in [0.5, 0.6) is 0 Å². The van der Waals surface area contributed by atoms with Crippen molar-refractivity contribution in [2.45, 2.75) is 27.2 Å². The Labute approximate surface area is 104 Å². The van der Waals surface area contributed by atoms with E-state index < -0.39 is 0 Å². The maximum Gasteiger partial charge on any atom is 2.00 e. The molecule has 0 spiro atoms. The van der Waals surface area contributed by atoms with E-state index in [1.54, 1.807) is 0 Å². The normalized spacial score (nSPS) is 9.77. The maximum absolute atomic E-state index is 3.22. The van der Waals surface area contributed by atoms with Crippen molar-refractivity contribution < 1.29 is 12.4 Å². The molecule has 0 bridgehead atoms. The first-order chi connectivity index (χ1) is 5.08. The summed E-state index contributed by atoms with van der Waals surface area (Å²) < 4.78 is 0. The van der Waals surface area contributed by atoms with E-state index in [0.717, 1.165) is 6.42 Å². The van der Waals surface area contributed by atoms with Gasteiger partial charge < -0.3 is 12.4 Å². The van der Waals surface area contributed by atoms with Gasteiger partial charge in [0.25, 0.3) is 0 Å². The molecule has 0 unspecified atom stereocenters. The standard InChI is InChI=1S/C11H15.ClH.Mg/c1-11(2,3)9-10-7-5-4-6-8-10;;/h4-7H,9H2,1-3H3;1H;/q-1;;+2/p-1. The van der Waals surface area contributed by atoms with Crippen LogP contribution >= 0.6 is 0 Å². The Morgan fingerprint density at radius 2 is 1.85 bits per heavy atom. The van der Waals surface area contributed by atoms with Gasteiger partial charge in [-0.25, -0.2) is 0 Å². The minimum absolute atomic E-state index is 0. The van der Waals surface area contributed by atoms with Crippen LogP contribution in [0.1, 0.15) is 26.3 Å². The van der Waals surface area contributed by atoms with Crippen molar-refractivity contribution >= 4 is 23.1 Å². The van der Waals surface area contributed by atoms with Gasteiger partial charge in [0.15, 0.2) is 0 Å². The summed E-state index contributed by atoms with van der Waals surface area (Å²) in [6.07, 6.45) is 1.10. The fourth-order valence-electron chi connectivity index (χ4n) is 1.11. The Morgan fingerprint density at radius 1 is 1.23 bits per heavy atom. The van der Waals surface area contributed by atoms with Crippen LogP contribution < -0.4 is 12.4 Å². The molecule has 0 aliphatic heterocycles. The van der Waals surface area contributed by atoms with Gasteiger partial charge in [-0.2, -0.15) is 35.9 Å². The summed E-state index contributed by atoms with van der Waals surface area (Å²) in [5, 5.41) is 0. The molecular formula is C11H15ClMg. The van der Waals surface area contributed by atoms with Crippen molar-refractivity contribution in [3.8, 4) is 0 Å². The molecule has 0 nitrogen and oxygen atoms in total. The number of rotatable bonds is 1. The zero-order chi connectivity index (χ0) is 8.32. The summed E-state index contributed by atoms with van der Waals surface area (Å²) >= 11 is 0. The Bertz CT molecular complexity index is 213. The molecule has 0 atom stereocenters. The zero-order valence-electron chi connectivity index (χ0n) is 8.60. The summed E-state index contributed by atoms with van der Waals surface area (Å²) in [7, 11) is 0. The van der Waals surface area contributed by atoms with Crippen LogP contribution in [0.4, 0.5) is 0 Å². The van der Waals surface area contributed by atoms with E-state index in [1.165, 1.54) is 5.56 Å². The molecule has 1 rings (SSSR count). The topological polar surface area (TPSA) is 0 Å². The van der Waals surface area contributed by atoms with E-state index in [1.807, 2.05) is 12.1 Å². The quantitative estimate of drug-likeness (QED) is 0.438. The molecule has 0 amide bonds. The van der Waals surface area contributed by atoms with Crippen molar-refractivity contribution in [3.05, 3.63) is 35.9 Å². The summed E-state index contributed by atoms with van der Waals surface area (Å²) in [6, 6.07) is 11.4. The predicted octanol–water partition coefficient (Wildman–Crippen LogP) is -0.301. The number of hydrogen-bond acceptors (Lipinski definition) is 0. The number of benzene rings is 1. The molecule has 0 fully saturated rings. The van der Waals surface area contributed by atoms with Crippen molar-refractivity contribution in [3.63, 3.8) is 0 Å². The minimum atomic E-state index is 0. The molecule has 0 saturated heterocycles. The van der Waals surface area contributed by atoms with Gasteiger partial charge in [0.2, 0.25) is 0 Å². The molecule has 0 radical (unpaired) electrons. The third kappa shape index (κ3) is 7.36. The number of hydrogen-bond donors (Lipinski definition) is 0. The Hall–Kier alpha value is 0.276. The van der Waals surface area contributed by atoms with Gasteiger partial charge in [0.1, 0.15) is 0 Å². The second-order valence-corrected chi connectivity index (χ2v) is 4.13. The van der Waals surface area contributed by atoms with E-state index in [-0.39, 0.29) is 35.5 Å². The SMILES string of the molecule is CC(C)(C)Cc1[c-]cccc1.[Cl-].[Mg+2]. The summed E-state index contributed by atoms with van der Waals surface area (Å²) in [5.74, 6) is 0. The van der Waals surface area contributed by atoms with Crippen LogP contribution in [0, 0.1) is 11.5 Å². The van der Waals surface area contributed by atoms with Crippen molar-refractivity contribution in [2.75, 3.05) is 0 Å². The van der Waals surface area contributed by atoms with Gasteiger partial charge in [0.05, 0.1) is 0 Å². The molecule has 13 heavy (non-hydrogen) atoms. The average Bonchev–Trinajstić information content (AvgIpc) is 1.85. The fraction of sp³-hybridized carbons (Fsp3) is 0.455. The molecule has 2 heteroatoms. The van der Waals surface area contributed by atoms with Gasteiger partial charge in [-0.05, 0) is 11.8 Å². The third-order valence-corrected chi connectivity index (χ3v) is 1.49. The molecule has 1 aromatic rings. The summed E-state index contributed by atoms with van der Waals surface area (Å²) in [4.78, 5) is 0. The second kappa shape index (κ2) is 6.69. The summed E-state index contributed by atoms with van der Waals surface area (Å²) in [6.45, 7) is 6.73. The first-order valence-corrected chi connectivity index (χ1v) is 4.03. The van der Waals surface area contributed by atoms with Crippen LogP contribution in [0.25, 0.3) is 0 Å².